The Balaban J connectivity index is 2.05. The molecule has 5 heteroatoms. The molecule has 1 N–H and O–H groups in total. The smallest absolute Gasteiger partial charge is 0.278 e. The van der Waals surface area contributed by atoms with Crippen molar-refractivity contribution in [3.8, 4) is 11.5 Å². The maximum atomic E-state index is 12.1. The largest absolute Gasteiger partial charge is 0.493 e. The van der Waals surface area contributed by atoms with E-state index >= 15 is 0 Å². The lowest BCUT2D eigenvalue weighted by Gasteiger charge is -2.14. The fourth-order valence-corrected chi connectivity index (χ4v) is 2.26. The summed E-state index contributed by atoms with van der Waals surface area (Å²) in [7, 11) is 3.04. The van der Waals surface area contributed by atoms with Crippen LogP contribution in [0, 0.1) is 0 Å². The quantitative estimate of drug-likeness (QED) is 0.830. The standard InChI is InChI=1S/C14H19NO4/c1-17-12-9-5-8-11(13(12)18-2)14(16)15-19-10-6-3-4-7-10/h5,8-10H,3-4,6-7H2,1-2H3,(H,15,16). The summed E-state index contributed by atoms with van der Waals surface area (Å²) in [5.74, 6) is 0.621. The van der Waals surface area contributed by atoms with Gasteiger partial charge in [0.05, 0.1) is 25.9 Å². The van der Waals surface area contributed by atoms with E-state index in [1.165, 1.54) is 14.2 Å². The summed E-state index contributed by atoms with van der Waals surface area (Å²) < 4.78 is 10.4. The van der Waals surface area contributed by atoms with Crippen LogP contribution in [0.3, 0.4) is 0 Å². The average molecular weight is 265 g/mol. The summed E-state index contributed by atoms with van der Waals surface area (Å²) in [6, 6.07) is 5.16. The van der Waals surface area contributed by atoms with Crippen LogP contribution in [0.2, 0.25) is 0 Å². The van der Waals surface area contributed by atoms with Crippen LogP contribution in [-0.2, 0) is 4.84 Å². The number of carbonyl (C=O) groups excluding carboxylic acids is 1. The minimum Gasteiger partial charge on any atom is -0.493 e. The number of benzene rings is 1. The lowest BCUT2D eigenvalue weighted by atomic mass is 10.2. The van der Waals surface area contributed by atoms with E-state index in [0.717, 1.165) is 25.7 Å². The van der Waals surface area contributed by atoms with Crippen LogP contribution >= 0.6 is 0 Å². The van der Waals surface area contributed by atoms with Crippen LogP contribution in [0.4, 0.5) is 0 Å². The molecule has 1 amide bonds. The Morgan fingerprint density at radius 1 is 1.21 bits per heavy atom. The molecule has 1 aliphatic carbocycles. The summed E-state index contributed by atoms with van der Waals surface area (Å²) in [4.78, 5) is 17.5. The van der Waals surface area contributed by atoms with Gasteiger partial charge in [-0.25, -0.2) is 5.48 Å². The molecule has 1 aromatic carbocycles. The van der Waals surface area contributed by atoms with Crippen LogP contribution in [0.15, 0.2) is 18.2 Å². The van der Waals surface area contributed by atoms with Crippen molar-refractivity contribution in [1.29, 1.82) is 0 Å². The third-order valence-electron chi connectivity index (χ3n) is 3.27. The zero-order valence-corrected chi connectivity index (χ0v) is 11.3. The summed E-state index contributed by atoms with van der Waals surface area (Å²) in [5, 5.41) is 0. The maximum absolute atomic E-state index is 12.1. The van der Waals surface area contributed by atoms with Gasteiger partial charge in [-0.3, -0.25) is 9.63 Å². The van der Waals surface area contributed by atoms with Crippen LogP contribution in [0.5, 0.6) is 11.5 Å². The number of hydrogen-bond acceptors (Lipinski definition) is 4. The monoisotopic (exact) mass is 265 g/mol. The van der Waals surface area contributed by atoms with Gasteiger partial charge in [0.1, 0.15) is 0 Å². The Kier molecular flexibility index (Phi) is 4.63. The Bertz CT molecular complexity index is 441. The molecule has 0 spiro atoms. The molecule has 2 rings (SSSR count). The fraction of sp³-hybridized carbons (Fsp3) is 0.500. The zero-order chi connectivity index (χ0) is 13.7. The molecule has 0 atom stereocenters. The lowest BCUT2D eigenvalue weighted by molar-refractivity contribution is -0.0126. The highest BCUT2D eigenvalue weighted by molar-refractivity contribution is 5.97. The number of nitrogens with one attached hydrogen (secondary N) is 1. The highest BCUT2D eigenvalue weighted by atomic mass is 16.7. The van der Waals surface area contributed by atoms with Gasteiger partial charge in [-0.15, -0.1) is 0 Å². The van der Waals surface area contributed by atoms with E-state index in [4.69, 9.17) is 14.3 Å². The molecule has 19 heavy (non-hydrogen) atoms. The van der Waals surface area contributed by atoms with Crippen molar-refractivity contribution >= 4 is 5.91 Å². The zero-order valence-electron chi connectivity index (χ0n) is 11.3. The number of hydrogen-bond donors (Lipinski definition) is 1. The number of methoxy groups -OCH3 is 2. The number of para-hydroxylation sites is 1. The van der Waals surface area contributed by atoms with Crippen molar-refractivity contribution in [1.82, 2.24) is 5.48 Å². The molecule has 5 nitrogen and oxygen atoms in total. The highest BCUT2D eigenvalue weighted by Gasteiger charge is 2.20. The minimum absolute atomic E-state index is 0.126. The van der Waals surface area contributed by atoms with Crippen molar-refractivity contribution in [3.63, 3.8) is 0 Å². The van der Waals surface area contributed by atoms with E-state index in [2.05, 4.69) is 5.48 Å². The van der Waals surface area contributed by atoms with Crippen LogP contribution in [0.25, 0.3) is 0 Å². The van der Waals surface area contributed by atoms with Crippen molar-refractivity contribution in [3.05, 3.63) is 23.8 Å². The van der Waals surface area contributed by atoms with Crippen molar-refractivity contribution in [2.45, 2.75) is 31.8 Å². The van der Waals surface area contributed by atoms with Gasteiger partial charge >= 0.3 is 0 Å². The molecule has 0 aliphatic heterocycles. The average Bonchev–Trinajstić information content (AvgIpc) is 2.97. The van der Waals surface area contributed by atoms with Crippen LogP contribution in [0.1, 0.15) is 36.0 Å². The highest BCUT2D eigenvalue weighted by Crippen LogP contribution is 2.30. The predicted molar refractivity (Wildman–Crippen MR) is 70.4 cm³/mol. The second-order valence-electron chi connectivity index (χ2n) is 4.50. The van der Waals surface area contributed by atoms with E-state index in [-0.39, 0.29) is 12.0 Å². The molecule has 0 radical (unpaired) electrons. The molecular weight excluding hydrogens is 246 g/mol. The molecular formula is C14H19NO4. The minimum atomic E-state index is -0.317. The van der Waals surface area contributed by atoms with E-state index in [1.807, 2.05) is 0 Å². The lowest BCUT2D eigenvalue weighted by Crippen LogP contribution is -2.28. The Morgan fingerprint density at radius 2 is 1.95 bits per heavy atom. The number of carbonyl (C=O) groups is 1. The first-order chi connectivity index (χ1) is 9.26. The van der Waals surface area contributed by atoms with Gasteiger partial charge in [0.25, 0.3) is 5.91 Å². The summed E-state index contributed by atoms with van der Waals surface area (Å²) in [6.45, 7) is 0. The van der Waals surface area contributed by atoms with E-state index in [1.54, 1.807) is 18.2 Å². The topological polar surface area (TPSA) is 56.8 Å². The van der Waals surface area contributed by atoms with Gasteiger partial charge < -0.3 is 9.47 Å². The van der Waals surface area contributed by atoms with E-state index in [0.29, 0.717) is 17.1 Å². The Hall–Kier alpha value is -1.75. The van der Waals surface area contributed by atoms with Crippen LogP contribution in [-0.4, -0.2) is 26.2 Å². The SMILES string of the molecule is COc1cccc(C(=O)NOC2CCCC2)c1OC. The van der Waals surface area contributed by atoms with Crippen molar-refractivity contribution < 1.29 is 19.1 Å². The van der Waals surface area contributed by atoms with Gasteiger partial charge in [-0.1, -0.05) is 18.9 Å². The summed E-state index contributed by atoms with van der Waals surface area (Å²) in [6.07, 6.45) is 4.43. The molecule has 0 heterocycles. The van der Waals surface area contributed by atoms with Gasteiger partial charge in [-0.05, 0) is 25.0 Å². The molecule has 1 fully saturated rings. The van der Waals surface area contributed by atoms with E-state index in [9.17, 15) is 4.79 Å². The van der Waals surface area contributed by atoms with Crippen LogP contribution < -0.4 is 15.0 Å². The van der Waals surface area contributed by atoms with E-state index < -0.39 is 0 Å². The second-order valence-corrected chi connectivity index (χ2v) is 4.50. The molecule has 0 aromatic heterocycles. The fourth-order valence-electron chi connectivity index (χ4n) is 2.26. The number of ether oxygens (including phenoxy) is 2. The number of amides is 1. The first kappa shape index (κ1) is 13.7. The molecule has 0 bridgehead atoms. The number of rotatable bonds is 5. The van der Waals surface area contributed by atoms with Gasteiger partial charge in [0.15, 0.2) is 11.5 Å². The number of hydroxylamine groups is 1. The summed E-state index contributed by atoms with van der Waals surface area (Å²) >= 11 is 0. The first-order valence-corrected chi connectivity index (χ1v) is 6.43. The normalized spacial score (nSPS) is 15.3. The molecule has 0 unspecified atom stereocenters. The molecule has 0 saturated heterocycles. The Morgan fingerprint density at radius 3 is 2.58 bits per heavy atom. The maximum Gasteiger partial charge on any atom is 0.278 e. The molecule has 1 saturated carbocycles. The molecule has 1 aliphatic rings. The summed E-state index contributed by atoms with van der Waals surface area (Å²) in [5.41, 5.74) is 2.90. The van der Waals surface area contributed by atoms with Gasteiger partial charge in [0.2, 0.25) is 0 Å². The molecule has 104 valence electrons. The second kappa shape index (κ2) is 6.43. The predicted octanol–water partition coefficient (Wildman–Crippen LogP) is 2.31. The van der Waals surface area contributed by atoms with Crippen molar-refractivity contribution in [2.24, 2.45) is 0 Å². The Labute approximate surface area is 112 Å². The van der Waals surface area contributed by atoms with Gasteiger partial charge in [-0.2, -0.15) is 0 Å². The molecule has 1 aromatic rings. The third-order valence-corrected chi connectivity index (χ3v) is 3.27. The first-order valence-electron chi connectivity index (χ1n) is 6.43. The van der Waals surface area contributed by atoms with Gasteiger partial charge in [0, 0.05) is 0 Å². The third kappa shape index (κ3) is 3.17. The van der Waals surface area contributed by atoms with Crippen molar-refractivity contribution in [2.75, 3.05) is 14.2 Å².